The van der Waals surface area contributed by atoms with Gasteiger partial charge in [-0.05, 0) is 64.2 Å². The summed E-state index contributed by atoms with van der Waals surface area (Å²) in [6.07, 6.45) is 11.7. The lowest BCUT2D eigenvalue weighted by Gasteiger charge is -2.08. The van der Waals surface area contributed by atoms with Crippen LogP contribution in [-0.2, 0) is 4.74 Å². The molecule has 0 radical (unpaired) electrons. The van der Waals surface area contributed by atoms with Crippen molar-refractivity contribution < 1.29 is 13.5 Å². The standard InChI is InChI=1S/C14H10F2N4.C6H8N2.C5H10O/c1-7-8(2)20-14-13(19-7)12(17-6-18-14)10-4-3-9(15)5-11(10)16;1-4-7-8(5-1)6-2-3-6;1-2-4-6-5-3-1/h3-6H,1-2H3;1,4-6H,2-3H2;1-5H2. The van der Waals surface area contributed by atoms with Gasteiger partial charge in [-0.1, -0.05) is 0 Å². The van der Waals surface area contributed by atoms with Gasteiger partial charge in [-0.3, -0.25) is 4.68 Å². The Morgan fingerprint density at radius 1 is 0.971 bits per heavy atom. The number of aromatic nitrogens is 6. The van der Waals surface area contributed by atoms with E-state index in [1.165, 1.54) is 50.6 Å². The first kappa shape index (κ1) is 23.8. The summed E-state index contributed by atoms with van der Waals surface area (Å²) in [7, 11) is 0. The monoisotopic (exact) mass is 466 g/mol. The Bertz CT molecular complexity index is 1210. The number of hydrogen-bond donors (Lipinski definition) is 0. The molecule has 178 valence electrons. The van der Waals surface area contributed by atoms with Crippen molar-refractivity contribution in [1.82, 2.24) is 29.7 Å². The van der Waals surface area contributed by atoms with Gasteiger partial charge in [-0.2, -0.15) is 5.10 Å². The van der Waals surface area contributed by atoms with Gasteiger partial charge in [0.25, 0.3) is 0 Å². The molecule has 2 aliphatic rings. The van der Waals surface area contributed by atoms with Crippen molar-refractivity contribution >= 4 is 11.2 Å². The number of nitrogens with zero attached hydrogens (tertiary/aromatic N) is 6. The van der Waals surface area contributed by atoms with Gasteiger partial charge >= 0.3 is 0 Å². The first-order valence-electron chi connectivity index (χ1n) is 11.5. The Labute approximate surface area is 197 Å². The molecule has 3 aromatic heterocycles. The van der Waals surface area contributed by atoms with Crippen molar-refractivity contribution in [2.45, 2.75) is 52.0 Å². The third-order valence-corrected chi connectivity index (χ3v) is 5.59. The summed E-state index contributed by atoms with van der Waals surface area (Å²) < 4.78 is 34.0. The van der Waals surface area contributed by atoms with Gasteiger partial charge in [0, 0.05) is 37.2 Å². The number of aryl methyl sites for hydroxylation is 2. The van der Waals surface area contributed by atoms with Crippen LogP contribution in [0.2, 0.25) is 0 Å². The lowest BCUT2D eigenvalue weighted by atomic mass is 10.1. The van der Waals surface area contributed by atoms with Gasteiger partial charge in [-0.15, -0.1) is 0 Å². The summed E-state index contributed by atoms with van der Waals surface area (Å²) in [6.45, 7) is 5.63. The fourth-order valence-corrected chi connectivity index (χ4v) is 3.44. The van der Waals surface area contributed by atoms with Gasteiger partial charge in [0.05, 0.1) is 17.4 Å². The molecule has 0 unspecified atom stereocenters. The molecule has 1 aliphatic heterocycles. The second-order valence-corrected chi connectivity index (χ2v) is 8.30. The van der Waals surface area contributed by atoms with Crippen LogP contribution in [0.15, 0.2) is 43.0 Å². The van der Waals surface area contributed by atoms with Crippen LogP contribution in [0.5, 0.6) is 0 Å². The number of fused-ring (bicyclic) bond motifs is 1. The van der Waals surface area contributed by atoms with Crippen LogP contribution in [0.4, 0.5) is 8.78 Å². The fourth-order valence-electron chi connectivity index (χ4n) is 3.44. The topological polar surface area (TPSA) is 78.6 Å². The highest BCUT2D eigenvalue weighted by Gasteiger charge is 2.23. The SMILES string of the molecule is C1CCOCC1.Cc1nc2ncnc(-c3ccc(F)cc3F)c2nc1C.c1cnn(C2CC2)c1. The van der Waals surface area contributed by atoms with Crippen LogP contribution in [0, 0.1) is 25.5 Å². The zero-order valence-corrected chi connectivity index (χ0v) is 19.4. The van der Waals surface area contributed by atoms with Crippen LogP contribution in [0.3, 0.4) is 0 Å². The molecule has 6 rings (SSSR count). The molecule has 0 N–H and O–H groups in total. The lowest BCUT2D eigenvalue weighted by molar-refractivity contribution is 0.0968. The van der Waals surface area contributed by atoms with Gasteiger partial charge in [0.15, 0.2) is 5.65 Å². The summed E-state index contributed by atoms with van der Waals surface area (Å²) in [6, 6.07) is 6.05. The fraction of sp³-hybridized carbons (Fsp3) is 0.400. The molecule has 1 aromatic carbocycles. The lowest BCUT2D eigenvalue weighted by Crippen LogP contribution is -2.03. The predicted octanol–water partition coefficient (Wildman–Crippen LogP) is 5.39. The normalized spacial score (nSPS) is 15.2. The van der Waals surface area contributed by atoms with E-state index in [2.05, 4.69) is 25.0 Å². The average Bonchev–Trinajstić information content (AvgIpc) is 3.55. The molecule has 4 aromatic rings. The quantitative estimate of drug-likeness (QED) is 0.394. The minimum atomic E-state index is -0.690. The highest BCUT2D eigenvalue weighted by Crippen LogP contribution is 2.33. The number of rotatable bonds is 2. The van der Waals surface area contributed by atoms with Gasteiger partial charge in [0.2, 0.25) is 0 Å². The maximum Gasteiger partial charge on any atom is 0.182 e. The van der Waals surface area contributed by atoms with Gasteiger partial charge < -0.3 is 4.74 Å². The average molecular weight is 467 g/mol. The van der Waals surface area contributed by atoms with E-state index in [0.717, 1.165) is 36.7 Å². The van der Waals surface area contributed by atoms with Crippen LogP contribution >= 0.6 is 0 Å². The first-order chi connectivity index (χ1) is 16.5. The van der Waals surface area contributed by atoms with Crippen molar-refractivity contribution in [2.75, 3.05) is 13.2 Å². The molecule has 0 spiro atoms. The predicted molar refractivity (Wildman–Crippen MR) is 125 cm³/mol. The van der Waals surface area contributed by atoms with Crippen LogP contribution in [0.25, 0.3) is 22.4 Å². The molecule has 0 atom stereocenters. The Kier molecular flexibility index (Phi) is 7.84. The largest absolute Gasteiger partial charge is 0.381 e. The van der Waals surface area contributed by atoms with Crippen molar-refractivity contribution in [2.24, 2.45) is 0 Å². The Morgan fingerprint density at radius 2 is 1.74 bits per heavy atom. The third kappa shape index (κ3) is 6.17. The van der Waals surface area contributed by atoms with Crippen LogP contribution < -0.4 is 0 Å². The van der Waals surface area contributed by atoms with Crippen molar-refractivity contribution in [3.63, 3.8) is 0 Å². The minimum Gasteiger partial charge on any atom is -0.381 e. The molecule has 0 bridgehead atoms. The second kappa shape index (κ2) is 11.2. The first-order valence-corrected chi connectivity index (χ1v) is 11.5. The van der Waals surface area contributed by atoms with E-state index in [9.17, 15) is 8.78 Å². The van der Waals surface area contributed by atoms with E-state index in [4.69, 9.17) is 4.74 Å². The zero-order valence-electron chi connectivity index (χ0n) is 19.4. The van der Waals surface area contributed by atoms with Crippen LogP contribution in [-0.4, -0.2) is 42.9 Å². The summed E-state index contributed by atoms with van der Waals surface area (Å²) in [4.78, 5) is 16.8. The van der Waals surface area contributed by atoms with E-state index in [1.54, 1.807) is 6.92 Å². The summed E-state index contributed by atoms with van der Waals surface area (Å²) in [5.41, 5.74) is 2.75. The molecule has 1 aliphatic carbocycles. The molecule has 1 saturated carbocycles. The summed E-state index contributed by atoms with van der Waals surface area (Å²) in [5, 5.41) is 4.09. The third-order valence-electron chi connectivity index (χ3n) is 5.59. The number of benzene rings is 1. The molecular weight excluding hydrogens is 438 g/mol. The molecular formula is C25H28F2N6O. The molecule has 2 fully saturated rings. The maximum atomic E-state index is 13.9. The second-order valence-electron chi connectivity index (χ2n) is 8.30. The Hall–Kier alpha value is -3.33. The summed E-state index contributed by atoms with van der Waals surface area (Å²) in [5.74, 6) is -1.33. The van der Waals surface area contributed by atoms with Gasteiger partial charge in [-0.25, -0.2) is 28.7 Å². The smallest absolute Gasteiger partial charge is 0.182 e. The van der Waals surface area contributed by atoms with Crippen molar-refractivity contribution in [3.05, 3.63) is 66.0 Å². The van der Waals surface area contributed by atoms with E-state index < -0.39 is 11.6 Å². The molecule has 0 amide bonds. The highest BCUT2D eigenvalue weighted by molar-refractivity contribution is 5.86. The molecule has 34 heavy (non-hydrogen) atoms. The number of hydrogen-bond acceptors (Lipinski definition) is 6. The minimum absolute atomic E-state index is 0.177. The van der Waals surface area contributed by atoms with E-state index in [-0.39, 0.29) is 5.56 Å². The summed E-state index contributed by atoms with van der Waals surface area (Å²) >= 11 is 0. The Balaban J connectivity index is 0.000000158. The van der Waals surface area contributed by atoms with E-state index in [1.807, 2.05) is 30.1 Å². The van der Waals surface area contributed by atoms with E-state index >= 15 is 0 Å². The van der Waals surface area contributed by atoms with Gasteiger partial charge in [0.1, 0.15) is 29.2 Å². The molecule has 1 saturated heterocycles. The maximum absolute atomic E-state index is 13.9. The molecule has 7 nitrogen and oxygen atoms in total. The zero-order chi connectivity index (χ0) is 23.9. The Morgan fingerprint density at radius 3 is 2.32 bits per heavy atom. The molecule has 4 heterocycles. The van der Waals surface area contributed by atoms with E-state index in [0.29, 0.717) is 16.9 Å². The van der Waals surface area contributed by atoms with Crippen molar-refractivity contribution in [3.8, 4) is 11.3 Å². The van der Waals surface area contributed by atoms with Crippen LogP contribution in [0.1, 0.15) is 49.5 Å². The van der Waals surface area contributed by atoms with Crippen molar-refractivity contribution in [1.29, 1.82) is 0 Å². The number of halogens is 2. The number of ether oxygens (including phenoxy) is 1. The molecule has 9 heteroatoms. The highest BCUT2D eigenvalue weighted by atomic mass is 19.1.